The second-order valence-electron chi connectivity index (χ2n) is 5.71. The number of benzene rings is 2. The van der Waals surface area contributed by atoms with Gasteiger partial charge in [0.1, 0.15) is 0 Å². The van der Waals surface area contributed by atoms with Crippen LogP contribution in [0.3, 0.4) is 0 Å². The fourth-order valence-electron chi connectivity index (χ4n) is 2.94. The van der Waals surface area contributed by atoms with E-state index in [1.807, 2.05) is 18.2 Å². The second kappa shape index (κ2) is 6.49. The van der Waals surface area contributed by atoms with E-state index in [0.717, 1.165) is 37.6 Å². The van der Waals surface area contributed by atoms with Crippen LogP contribution in [-0.4, -0.2) is 13.1 Å². The predicted octanol–water partition coefficient (Wildman–Crippen LogP) is 5.39. The molecule has 1 saturated heterocycles. The molecule has 1 heterocycles. The molecule has 0 aromatic heterocycles. The number of rotatable bonds is 2. The van der Waals surface area contributed by atoms with Crippen LogP contribution in [0.15, 0.2) is 60.2 Å². The van der Waals surface area contributed by atoms with Crippen molar-refractivity contribution in [1.82, 2.24) is 0 Å². The summed E-state index contributed by atoms with van der Waals surface area (Å²) < 4.78 is 39.1. The molecule has 0 amide bonds. The Morgan fingerprint density at radius 2 is 1.43 bits per heavy atom. The average Bonchev–Trinajstić information content (AvgIpc) is 2.56. The van der Waals surface area contributed by atoms with E-state index in [9.17, 15) is 13.2 Å². The minimum absolute atomic E-state index is 0.267. The smallest absolute Gasteiger partial charge is 0.371 e. The Hall–Kier alpha value is -2.23. The Labute approximate surface area is 134 Å². The highest BCUT2D eigenvalue weighted by molar-refractivity contribution is 5.59. The lowest BCUT2D eigenvalue weighted by Crippen LogP contribution is -2.30. The SMILES string of the molecule is FC(F)(F)c1ccccc1C=C1CCN(c2ccccc2)CC1. The Kier molecular flexibility index (Phi) is 4.42. The Balaban J connectivity index is 1.74. The third-order valence-electron chi connectivity index (χ3n) is 4.15. The summed E-state index contributed by atoms with van der Waals surface area (Å²) in [5.41, 5.74) is 1.96. The van der Waals surface area contributed by atoms with Crippen molar-refractivity contribution in [2.24, 2.45) is 0 Å². The first-order chi connectivity index (χ1) is 11.0. The van der Waals surface area contributed by atoms with Crippen LogP contribution in [0.25, 0.3) is 6.08 Å². The monoisotopic (exact) mass is 317 g/mol. The van der Waals surface area contributed by atoms with E-state index in [4.69, 9.17) is 0 Å². The van der Waals surface area contributed by atoms with Crippen LogP contribution in [-0.2, 0) is 6.18 Å². The molecule has 0 atom stereocenters. The van der Waals surface area contributed by atoms with Crippen molar-refractivity contribution < 1.29 is 13.2 Å². The quantitative estimate of drug-likeness (QED) is 0.718. The Morgan fingerprint density at radius 3 is 2.09 bits per heavy atom. The van der Waals surface area contributed by atoms with Crippen molar-refractivity contribution in [3.63, 3.8) is 0 Å². The van der Waals surface area contributed by atoms with Crippen LogP contribution in [0, 0.1) is 0 Å². The summed E-state index contributed by atoms with van der Waals surface area (Å²) in [6.45, 7) is 1.67. The third-order valence-corrected chi connectivity index (χ3v) is 4.15. The number of para-hydroxylation sites is 1. The first-order valence-electron chi connectivity index (χ1n) is 7.70. The fraction of sp³-hybridized carbons (Fsp3) is 0.263. The highest BCUT2D eigenvalue weighted by Crippen LogP contribution is 2.34. The predicted molar refractivity (Wildman–Crippen MR) is 87.3 cm³/mol. The number of nitrogens with zero attached hydrogens (tertiary/aromatic N) is 1. The minimum Gasteiger partial charge on any atom is -0.371 e. The lowest BCUT2D eigenvalue weighted by molar-refractivity contribution is -0.137. The van der Waals surface area contributed by atoms with Crippen LogP contribution < -0.4 is 4.90 Å². The number of hydrogen-bond donors (Lipinski definition) is 0. The zero-order valence-electron chi connectivity index (χ0n) is 12.7. The van der Waals surface area contributed by atoms with Crippen molar-refractivity contribution >= 4 is 11.8 Å². The first kappa shape index (κ1) is 15.7. The van der Waals surface area contributed by atoms with Gasteiger partial charge in [-0.25, -0.2) is 0 Å². The maximum Gasteiger partial charge on any atom is 0.416 e. The van der Waals surface area contributed by atoms with E-state index >= 15 is 0 Å². The van der Waals surface area contributed by atoms with E-state index in [-0.39, 0.29) is 5.56 Å². The summed E-state index contributed by atoms with van der Waals surface area (Å²) in [4.78, 5) is 2.27. The highest BCUT2D eigenvalue weighted by Gasteiger charge is 2.32. The van der Waals surface area contributed by atoms with Gasteiger partial charge in [0, 0.05) is 18.8 Å². The molecule has 4 heteroatoms. The summed E-state index contributed by atoms with van der Waals surface area (Å²) in [6, 6.07) is 15.9. The molecule has 0 saturated carbocycles. The van der Waals surface area contributed by atoms with Crippen molar-refractivity contribution in [1.29, 1.82) is 0 Å². The third kappa shape index (κ3) is 3.76. The lowest BCUT2D eigenvalue weighted by Gasteiger charge is -2.30. The summed E-state index contributed by atoms with van der Waals surface area (Å²) in [5, 5.41) is 0. The zero-order valence-corrected chi connectivity index (χ0v) is 12.7. The molecule has 3 rings (SSSR count). The standard InChI is InChI=1S/C19H18F3N/c20-19(21,22)18-9-5-4-6-16(18)14-15-10-12-23(13-11-15)17-7-2-1-3-8-17/h1-9,14H,10-13H2. The largest absolute Gasteiger partial charge is 0.416 e. The van der Waals surface area contributed by atoms with Crippen LogP contribution in [0.5, 0.6) is 0 Å². The second-order valence-corrected chi connectivity index (χ2v) is 5.71. The molecule has 1 nitrogen and oxygen atoms in total. The van der Waals surface area contributed by atoms with Gasteiger partial charge in [0.2, 0.25) is 0 Å². The van der Waals surface area contributed by atoms with Crippen LogP contribution in [0.4, 0.5) is 18.9 Å². The molecule has 120 valence electrons. The molecule has 1 aliphatic rings. The maximum absolute atomic E-state index is 13.0. The van der Waals surface area contributed by atoms with Crippen molar-refractivity contribution in [2.75, 3.05) is 18.0 Å². The zero-order chi connectivity index (χ0) is 16.3. The van der Waals surface area contributed by atoms with Crippen LogP contribution in [0.1, 0.15) is 24.0 Å². The molecule has 0 unspecified atom stereocenters. The molecule has 2 aromatic rings. The van der Waals surface area contributed by atoms with Gasteiger partial charge in [0.25, 0.3) is 0 Å². The number of halogens is 3. The van der Waals surface area contributed by atoms with Crippen LogP contribution >= 0.6 is 0 Å². The van der Waals surface area contributed by atoms with E-state index in [0.29, 0.717) is 0 Å². The van der Waals surface area contributed by atoms with E-state index in [2.05, 4.69) is 17.0 Å². The molecule has 1 fully saturated rings. The number of piperidine rings is 1. The summed E-state index contributed by atoms with van der Waals surface area (Å²) in [5.74, 6) is 0. The Morgan fingerprint density at radius 1 is 0.826 bits per heavy atom. The van der Waals surface area contributed by atoms with Gasteiger partial charge in [-0.1, -0.05) is 48.0 Å². The molecule has 0 aliphatic carbocycles. The van der Waals surface area contributed by atoms with E-state index < -0.39 is 11.7 Å². The number of alkyl halides is 3. The van der Waals surface area contributed by atoms with Crippen molar-refractivity contribution in [3.8, 4) is 0 Å². The molecular formula is C19H18F3N. The molecule has 23 heavy (non-hydrogen) atoms. The van der Waals surface area contributed by atoms with Gasteiger partial charge in [0.15, 0.2) is 0 Å². The fourth-order valence-corrected chi connectivity index (χ4v) is 2.94. The van der Waals surface area contributed by atoms with Gasteiger partial charge < -0.3 is 4.90 Å². The molecule has 2 aromatic carbocycles. The average molecular weight is 317 g/mol. The molecule has 0 spiro atoms. The van der Waals surface area contributed by atoms with Crippen molar-refractivity contribution in [2.45, 2.75) is 19.0 Å². The summed E-state index contributed by atoms with van der Waals surface area (Å²) in [7, 11) is 0. The van der Waals surface area contributed by atoms with Gasteiger partial charge >= 0.3 is 6.18 Å². The molecular weight excluding hydrogens is 299 g/mol. The topological polar surface area (TPSA) is 3.24 Å². The number of anilines is 1. The van der Waals surface area contributed by atoms with Gasteiger partial charge in [0.05, 0.1) is 5.56 Å². The molecule has 0 bridgehead atoms. The minimum atomic E-state index is -4.31. The molecule has 0 radical (unpaired) electrons. The van der Waals surface area contributed by atoms with Gasteiger partial charge in [-0.3, -0.25) is 0 Å². The highest BCUT2D eigenvalue weighted by atomic mass is 19.4. The first-order valence-corrected chi connectivity index (χ1v) is 7.70. The molecule has 0 N–H and O–H groups in total. The van der Waals surface area contributed by atoms with Crippen molar-refractivity contribution in [3.05, 3.63) is 71.3 Å². The number of hydrogen-bond acceptors (Lipinski definition) is 1. The summed E-state index contributed by atoms with van der Waals surface area (Å²) in [6.07, 6.45) is -1.01. The van der Waals surface area contributed by atoms with Gasteiger partial charge in [-0.15, -0.1) is 0 Å². The Bertz CT molecular complexity index is 679. The summed E-state index contributed by atoms with van der Waals surface area (Å²) >= 11 is 0. The van der Waals surface area contributed by atoms with Crippen LogP contribution in [0.2, 0.25) is 0 Å². The van der Waals surface area contributed by atoms with E-state index in [1.165, 1.54) is 11.8 Å². The van der Waals surface area contributed by atoms with Gasteiger partial charge in [-0.2, -0.15) is 13.2 Å². The normalized spacial score (nSPS) is 15.6. The van der Waals surface area contributed by atoms with E-state index in [1.54, 1.807) is 18.2 Å². The van der Waals surface area contributed by atoms with Gasteiger partial charge in [-0.05, 0) is 36.6 Å². The maximum atomic E-state index is 13.0. The lowest BCUT2D eigenvalue weighted by atomic mass is 9.98. The molecule has 1 aliphatic heterocycles.